The van der Waals surface area contributed by atoms with Crippen LogP contribution in [0.3, 0.4) is 0 Å². The Labute approximate surface area is 274 Å². The zero-order valence-corrected chi connectivity index (χ0v) is 27.0. The first-order valence-corrected chi connectivity index (χ1v) is 15.7. The molecule has 0 aliphatic rings. The van der Waals surface area contributed by atoms with Crippen LogP contribution in [0.4, 0.5) is 0 Å². The molecular formula is C38H26O6S2. The molecule has 0 saturated heterocycles. The standard InChI is InChI=1S/C38H26O6S2/c1-23(39)43-37-33-19-13-30(8-6-28-11-17-32(18-12-28)46-26(4)42)22-36(33)38(44-24(2)40)34-20-14-29(21-35(34)37)7-5-27-9-15-31(16-10-27)45-25(3)41/h9-22H,1-4H3. The molecule has 0 unspecified atom stereocenters. The number of rotatable bonds is 4. The average molecular weight is 643 g/mol. The normalized spacial score (nSPS) is 10.3. The van der Waals surface area contributed by atoms with Crippen LogP contribution in [-0.4, -0.2) is 22.2 Å². The molecule has 6 nitrogen and oxygen atoms in total. The smallest absolute Gasteiger partial charge is 0.308 e. The summed E-state index contributed by atoms with van der Waals surface area (Å²) in [5, 5.41) is 2.27. The molecule has 0 aromatic heterocycles. The number of ether oxygens (including phenoxy) is 2. The molecule has 0 atom stereocenters. The second-order valence-corrected chi connectivity index (χ2v) is 12.6. The predicted molar refractivity (Wildman–Crippen MR) is 182 cm³/mol. The van der Waals surface area contributed by atoms with Crippen molar-refractivity contribution in [1.29, 1.82) is 0 Å². The molecule has 5 aromatic rings. The van der Waals surface area contributed by atoms with Crippen LogP contribution in [0.15, 0.2) is 94.7 Å². The van der Waals surface area contributed by atoms with Crippen molar-refractivity contribution >= 4 is 67.2 Å². The summed E-state index contributed by atoms with van der Waals surface area (Å²) in [6.45, 7) is 5.70. The van der Waals surface area contributed by atoms with Gasteiger partial charge >= 0.3 is 11.9 Å². The molecule has 0 amide bonds. The van der Waals surface area contributed by atoms with E-state index in [-0.39, 0.29) is 10.2 Å². The molecule has 0 fully saturated rings. The maximum absolute atomic E-state index is 12.3. The van der Waals surface area contributed by atoms with Crippen LogP contribution >= 0.6 is 23.5 Å². The molecule has 0 aliphatic carbocycles. The van der Waals surface area contributed by atoms with E-state index in [1.807, 2.05) is 60.7 Å². The first kappa shape index (κ1) is 32.1. The zero-order chi connectivity index (χ0) is 32.8. The van der Waals surface area contributed by atoms with E-state index < -0.39 is 11.9 Å². The topological polar surface area (TPSA) is 86.7 Å². The van der Waals surface area contributed by atoms with E-state index in [2.05, 4.69) is 23.7 Å². The zero-order valence-electron chi connectivity index (χ0n) is 25.3. The van der Waals surface area contributed by atoms with Crippen molar-refractivity contribution in [2.24, 2.45) is 0 Å². The molecule has 0 radical (unpaired) electrons. The fourth-order valence-corrected chi connectivity index (χ4v) is 5.85. The number of thioether (sulfide) groups is 2. The van der Waals surface area contributed by atoms with Crippen LogP contribution in [0.2, 0.25) is 0 Å². The Morgan fingerprint density at radius 2 is 0.783 bits per heavy atom. The number of carbonyl (C=O) groups is 4. The lowest BCUT2D eigenvalue weighted by molar-refractivity contribution is -0.132. The molecule has 0 heterocycles. The van der Waals surface area contributed by atoms with Gasteiger partial charge in [-0.05, 0) is 84.9 Å². The first-order valence-electron chi connectivity index (χ1n) is 14.1. The van der Waals surface area contributed by atoms with Crippen LogP contribution in [0, 0.1) is 23.7 Å². The highest BCUT2D eigenvalue weighted by molar-refractivity contribution is 8.13. The average Bonchev–Trinajstić information content (AvgIpc) is 3.01. The largest absolute Gasteiger partial charge is 0.425 e. The van der Waals surface area contributed by atoms with Crippen LogP contribution in [0.25, 0.3) is 21.5 Å². The molecule has 0 saturated carbocycles. The van der Waals surface area contributed by atoms with E-state index in [0.717, 1.165) is 44.4 Å². The maximum atomic E-state index is 12.3. The molecule has 5 rings (SSSR count). The molecule has 5 aromatic carbocycles. The monoisotopic (exact) mass is 642 g/mol. The summed E-state index contributed by atoms with van der Waals surface area (Å²) in [6, 6.07) is 25.6. The van der Waals surface area contributed by atoms with Crippen molar-refractivity contribution < 1.29 is 28.7 Å². The molecule has 46 heavy (non-hydrogen) atoms. The van der Waals surface area contributed by atoms with Gasteiger partial charge in [-0.3, -0.25) is 19.2 Å². The summed E-state index contributed by atoms with van der Waals surface area (Å²) in [6.07, 6.45) is 0. The maximum Gasteiger partial charge on any atom is 0.308 e. The quantitative estimate of drug-likeness (QED) is 0.0643. The van der Waals surface area contributed by atoms with Gasteiger partial charge in [-0.25, -0.2) is 0 Å². The second-order valence-electron chi connectivity index (χ2n) is 10.1. The highest BCUT2D eigenvalue weighted by atomic mass is 32.2. The van der Waals surface area contributed by atoms with Crippen molar-refractivity contribution in [3.8, 4) is 35.2 Å². The Kier molecular flexibility index (Phi) is 9.93. The van der Waals surface area contributed by atoms with Gasteiger partial charge in [-0.15, -0.1) is 0 Å². The molecule has 8 heteroatoms. The highest BCUT2D eigenvalue weighted by Crippen LogP contribution is 2.43. The van der Waals surface area contributed by atoms with Gasteiger partial charge in [0.1, 0.15) is 11.5 Å². The van der Waals surface area contributed by atoms with Gasteiger partial charge in [-0.1, -0.05) is 47.2 Å². The minimum Gasteiger partial charge on any atom is -0.425 e. The number of hydrogen-bond donors (Lipinski definition) is 0. The lowest BCUT2D eigenvalue weighted by Gasteiger charge is -2.16. The predicted octanol–water partition coefficient (Wildman–Crippen LogP) is 7.92. The summed E-state index contributed by atoms with van der Waals surface area (Å²) in [5.74, 6) is 12.2. The van der Waals surface area contributed by atoms with E-state index in [0.29, 0.717) is 44.2 Å². The van der Waals surface area contributed by atoms with E-state index in [1.54, 1.807) is 24.3 Å². The van der Waals surface area contributed by atoms with Gasteiger partial charge in [0.2, 0.25) is 0 Å². The van der Waals surface area contributed by atoms with Crippen molar-refractivity contribution in [2.75, 3.05) is 0 Å². The van der Waals surface area contributed by atoms with Crippen LogP contribution in [0.1, 0.15) is 49.9 Å². The summed E-state index contributed by atoms with van der Waals surface area (Å²) in [7, 11) is 0. The lowest BCUT2D eigenvalue weighted by atomic mass is 9.97. The third-order valence-electron chi connectivity index (χ3n) is 6.44. The molecule has 0 bridgehead atoms. The van der Waals surface area contributed by atoms with E-state index in [1.165, 1.54) is 27.7 Å². The Bertz CT molecular complexity index is 2000. The molecule has 226 valence electrons. The number of esters is 2. The van der Waals surface area contributed by atoms with Gasteiger partial charge < -0.3 is 9.47 Å². The van der Waals surface area contributed by atoms with Gasteiger partial charge in [-0.2, -0.15) is 0 Å². The van der Waals surface area contributed by atoms with E-state index in [9.17, 15) is 19.2 Å². The lowest BCUT2D eigenvalue weighted by Crippen LogP contribution is -2.06. The summed E-state index contributed by atoms with van der Waals surface area (Å²) < 4.78 is 11.5. The summed E-state index contributed by atoms with van der Waals surface area (Å²) in [4.78, 5) is 48.9. The fourth-order valence-electron chi connectivity index (χ4n) is 4.65. The van der Waals surface area contributed by atoms with Crippen LogP contribution in [0.5, 0.6) is 11.5 Å². The summed E-state index contributed by atoms with van der Waals surface area (Å²) in [5.41, 5.74) is 2.86. The van der Waals surface area contributed by atoms with Gasteiger partial charge in [0.25, 0.3) is 0 Å². The van der Waals surface area contributed by atoms with Crippen molar-refractivity contribution in [1.82, 2.24) is 0 Å². The Balaban J connectivity index is 1.59. The van der Waals surface area contributed by atoms with E-state index in [4.69, 9.17) is 9.47 Å². The number of fused-ring (bicyclic) bond motifs is 2. The number of benzene rings is 5. The molecule has 0 aliphatic heterocycles. The second kappa shape index (κ2) is 14.2. The summed E-state index contributed by atoms with van der Waals surface area (Å²) >= 11 is 2.32. The minimum atomic E-state index is -0.502. The van der Waals surface area contributed by atoms with Crippen LogP contribution in [-0.2, 0) is 19.2 Å². The Morgan fingerprint density at radius 1 is 0.457 bits per heavy atom. The highest BCUT2D eigenvalue weighted by Gasteiger charge is 2.19. The number of carbonyl (C=O) groups excluding carboxylic acids is 4. The van der Waals surface area contributed by atoms with E-state index >= 15 is 0 Å². The number of hydrogen-bond acceptors (Lipinski definition) is 8. The fraction of sp³-hybridized carbons (Fsp3) is 0.105. The van der Waals surface area contributed by atoms with Crippen molar-refractivity contribution in [3.63, 3.8) is 0 Å². The molecular weight excluding hydrogens is 617 g/mol. The van der Waals surface area contributed by atoms with Gasteiger partial charge in [0.05, 0.1) is 0 Å². The van der Waals surface area contributed by atoms with Crippen molar-refractivity contribution in [3.05, 3.63) is 107 Å². The van der Waals surface area contributed by atoms with Crippen molar-refractivity contribution in [2.45, 2.75) is 37.5 Å². The SMILES string of the molecule is CC(=O)Oc1c2ccc(C#Cc3ccc(SC(C)=O)cc3)cc2c(OC(C)=O)c2ccc(C#Cc3ccc(SC(C)=O)cc3)cc12. The minimum absolute atomic E-state index is 0.0103. The van der Waals surface area contributed by atoms with Gasteiger partial charge in [0.15, 0.2) is 10.2 Å². The van der Waals surface area contributed by atoms with Crippen LogP contribution < -0.4 is 9.47 Å². The molecule has 0 spiro atoms. The Hall–Kier alpha value is -5.28. The third kappa shape index (κ3) is 8.05. The molecule has 0 N–H and O–H groups in total. The Morgan fingerprint density at radius 3 is 1.11 bits per heavy atom. The first-order chi connectivity index (χ1) is 22.0. The third-order valence-corrected chi connectivity index (χ3v) is 8.03. The van der Waals surface area contributed by atoms with Gasteiger partial charge in [0, 0.05) is 81.3 Å².